The molecular weight excluding hydrogens is 769 g/mol. The largest absolute Gasteiger partial charge is 0.511 e. The Morgan fingerprint density at radius 3 is 1.98 bits per heavy atom. The van der Waals surface area contributed by atoms with Crippen LogP contribution in [-0.4, -0.2) is 46.0 Å². The smallest absolute Gasteiger partial charge is 0.305 e. The van der Waals surface area contributed by atoms with Gasteiger partial charge in [0.15, 0.2) is 0 Å². The number of carbonyl (C=O) groups excluding carboxylic acids is 1. The predicted octanol–water partition coefficient (Wildman–Crippen LogP) is 13.6. The van der Waals surface area contributed by atoms with E-state index in [0.717, 1.165) is 105 Å². The standard InChI is InChI=1S/C54H78N4O4/c1-9-11-12-13-14-15-16-17-18-19-20-21-22-23-24-25-28-62-50(61)27-26-40-35(5)44-31-45-37(7)51(38(8)59)48(56-45)32-43-36(6)41(29-34(3)4)47(55-43)33-46-39(10-2)52-49(60)30-42(53(40)57-44)54(52)58-46/h31-35,38,40,57,59-60H,9-30H2,1-8H3/t35-,38?,40-/m0/s1. The quantitative estimate of drug-likeness (QED) is 0.0661. The van der Waals surface area contributed by atoms with Gasteiger partial charge in [-0.15, -0.1) is 0 Å². The van der Waals surface area contributed by atoms with Gasteiger partial charge in [-0.3, -0.25) is 4.79 Å². The van der Waals surface area contributed by atoms with Crippen molar-refractivity contribution in [3.8, 4) is 0 Å². The Morgan fingerprint density at radius 2 is 1.39 bits per heavy atom. The number of esters is 1. The van der Waals surface area contributed by atoms with Crippen molar-refractivity contribution in [3.05, 3.63) is 91.5 Å². The van der Waals surface area contributed by atoms with Gasteiger partial charge in [-0.2, -0.15) is 0 Å². The van der Waals surface area contributed by atoms with E-state index < -0.39 is 6.10 Å². The molecule has 0 spiro atoms. The van der Waals surface area contributed by atoms with Gasteiger partial charge in [0.2, 0.25) is 0 Å². The van der Waals surface area contributed by atoms with Crippen LogP contribution in [0.1, 0.15) is 190 Å². The maximum Gasteiger partial charge on any atom is 0.305 e. The van der Waals surface area contributed by atoms with Crippen molar-refractivity contribution < 1.29 is 19.7 Å². The van der Waals surface area contributed by atoms with Crippen LogP contribution in [0.5, 0.6) is 0 Å². The zero-order valence-electron chi connectivity index (χ0n) is 39.7. The number of rotatable bonds is 24. The monoisotopic (exact) mass is 847 g/mol. The third-order valence-electron chi connectivity index (χ3n) is 13.9. The molecule has 5 aliphatic heterocycles. The highest BCUT2D eigenvalue weighted by molar-refractivity contribution is 6.21. The molecule has 0 aromatic rings. The second-order valence-electron chi connectivity index (χ2n) is 19.2. The summed E-state index contributed by atoms with van der Waals surface area (Å²) in [5, 5.41) is 26.5. The molecule has 5 heterocycles. The summed E-state index contributed by atoms with van der Waals surface area (Å²) in [4.78, 5) is 28.9. The molecule has 8 bridgehead atoms. The summed E-state index contributed by atoms with van der Waals surface area (Å²) >= 11 is 0. The van der Waals surface area contributed by atoms with Crippen molar-refractivity contribution in [1.29, 1.82) is 0 Å². The van der Waals surface area contributed by atoms with E-state index in [1.807, 2.05) is 13.0 Å². The van der Waals surface area contributed by atoms with E-state index in [2.05, 4.69) is 59.0 Å². The van der Waals surface area contributed by atoms with E-state index >= 15 is 0 Å². The fraction of sp³-hybridized carbons (Fsp3) is 0.630. The molecule has 0 radical (unpaired) electrons. The number of aliphatic hydroxyl groups excluding tert-OH is 2. The molecule has 6 rings (SSSR count). The first-order chi connectivity index (χ1) is 29.9. The van der Waals surface area contributed by atoms with Gasteiger partial charge in [0.1, 0.15) is 5.76 Å². The lowest BCUT2D eigenvalue weighted by molar-refractivity contribution is -0.144. The normalized spacial score (nSPS) is 21.3. The number of aliphatic imine (C=N–C) groups is 3. The summed E-state index contributed by atoms with van der Waals surface area (Å²) < 4.78 is 5.81. The van der Waals surface area contributed by atoms with Gasteiger partial charge in [0.25, 0.3) is 0 Å². The van der Waals surface area contributed by atoms with Crippen molar-refractivity contribution in [2.24, 2.45) is 32.7 Å². The van der Waals surface area contributed by atoms with E-state index in [0.29, 0.717) is 37.5 Å². The number of nitrogens with one attached hydrogen (secondary N) is 1. The van der Waals surface area contributed by atoms with E-state index in [1.54, 1.807) is 6.92 Å². The molecule has 0 aromatic heterocycles. The van der Waals surface area contributed by atoms with E-state index in [4.69, 9.17) is 19.7 Å². The van der Waals surface area contributed by atoms with Gasteiger partial charge >= 0.3 is 5.97 Å². The summed E-state index contributed by atoms with van der Waals surface area (Å²) in [7, 11) is 0. The van der Waals surface area contributed by atoms with E-state index in [9.17, 15) is 15.0 Å². The highest BCUT2D eigenvalue weighted by atomic mass is 16.5. The maximum absolute atomic E-state index is 13.3. The molecule has 0 aromatic carbocycles. The van der Waals surface area contributed by atoms with Gasteiger partial charge in [-0.05, 0) is 92.9 Å². The first-order valence-corrected chi connectivity index (χ1v) is 24.8. The number of nitrogens with zero attached hydrogens (tertiary/aromatic N) is 3. The molecule has 0 amide bonds. The number of carbonyl (C=O) groups is 1. The zero-order chi connectivity index (χ0) is 44.3. The lowest BCUT2D eigenvalue weighted by Crippen LogP contribution is -2.16. The molecule has 3 N–H and O–H groups in total. The third kappa shape index (κ3) is 11.4. The van der Waals surface area contributed by atoms with Gasteiger partial charge < -0.3 is 20.3 Å². The number of allylic oxidation sites excluding steroid dienone is 11. The van der Waals surface area contributed by atoms with Crippen LogP contribution in [-0.2, 0) is 9.53 Å². The number of hydrogen-bond donors (Lipinski definition) is 3. The summed E-state index contributed by atoms with van der Waals surface area (Å²) in [5.74, 6) is 0.642. The van der Waals surface area contributed by atoms with Crippen molar-refractivity contribution in [2.45, 2.75) is 196 Å². The van der Waals surface area contributed by atoms with Crippen LogP contribution in [0.2, 0.25) is 0 Å². The fourth-order valence-corrected chi connectivity index (χ4v) is 10.3. The van der Waals surface area contributed by atoms with E-state index in [1.165, 1.54) is 95.5 Å². The molecule has 1 unspecified atom stereocenters. The minimum absolute atomic E-state index is 0.0142. The second-order valence-corrected chi connectivity index (χ2v) is 19.2. The number of hydrogen-bond acceptors (Lipinski definition) is 8. The van der Waals surface area contributed by atoms with Gasteiger partial charge in [-0.1, -0.05) is 131 Å². The number of aliphatic hydroxyl groups is 2. The van der Waals surface area contributed by atoms with Crippen LogP contribution in [0.25, 0.3) is 0 Å². The highest BCUT2D eigenvalue weighted by Gasteiger charge is 2.42. The van der Waals surface area contributed by atoms with Gasteiger partial charge in [-0.25, -0.2) is 15.0 Å². The first-order valence-electron chi connectivity index (χ1n) is 24.8. The number of ether oxygens (including phenoxy) is 1. The lowest BCUT2D eigenvalue weighted by atomic mass is 9.86. The molecule has 0 saturated carbocycles. The molecule has 6 aliphatic rings. The summed E-state index contributed by atoms with van der Waals surface area (Å²) in [6, 6.07) is 0. The Morgan fingerprint density at radius 1 is 0.790 bits per heavy atom. The highest BCUT2D eigenvalue weighted by Crippen LogP contribution is 2.47. The van der Waals surface area contributed by atoms with Crippen LogP contribution in [0.3, 0.4) is 0 Å². The Bertz CT molecular complexity index is 2040. The van der Waals surface area contributed by atoms with Gasteiger partial charge in [0.05, 0.1) is 46.9 Å². The molecule has 1 fully saturated rings. The molecular formula is C54H78N4O4. The van der Waals surface area contributed by atoms with Crippen LogP contribution in [0.15, 0.2) is 106 Å². The molecule has 62 heavy (non-hydrogen) atoms. The fourth-order valence-electron chi connectivity index (χ4n) is 10.3. The average molecular weight is 847 g/mol. The Balaban J connectivity index is 1.12. The molecule has 338 valence electrons. The van der Waals surface area contributed by atoms with Gasteiger partial charge in [0, 0.05) is 52.8 Å². The maximum atomic E-state index is 13.3. The summed E-state index contributed by atoms with van der Waals surface area (Å²) in [6.07, 6.45) is 29.5. The lowest BCUT2D eigenvalue weighted by Gasteiger charge is -2.17. The molecule has 3 atom stereocenters. The summed E-state index contributed by atoms with van der Waals surface area (Å²) in [6.45, 7) is 17.5. The molecule has 1 aliphatic carbocycles. The minimum atomic E-state index is -0.710. The Labute approximate surface area is 374 Å². The average Bonchev–Trinajstić information content (AvgIpc) is 4.00. The van der Waals surface area contributed by atoms with Crippen LogP contribution < -0.4 is 5.32 Å². The predicted molar refractivity (Wildman–Crippen MR) is 257 cm³/mol. The molecule has 8 nitrogen and oxygen atoms in total. The Hall–Kier alpha value is -4.04. The van der Waals surface area contributed by atoms with Crippen molar-refractivity contribution in [3.63, 3.8) is 0 Å². The van der Waals surface area contributed by atoms with Crippen molar-refractivity contribution in [2.75, 3.05) is 6.61 Å². The number of fused-ring (bicyclic) bond motifs is 5. The first kappa shape index (κ1) is 47.4. The molecule has 8 heteroatoms. The molecule has 1 saturated heterocycles. The van der Waals surface area contributed by atoms with Crippen LogP contribution in [0, 0.1) is 17.8 Å². The van der Waals surface area contributed by atoms with Crippen LogP contribution >= 0.6 is 0 Å². The zero-order valence-corrected chi connectivity index (χ0v) is 39.7. The van der Waals surface area contributed by atoms with Crippen molar-refractivity contribution in [1.82, 2.24) is 5.32 Å². The summed E-state index contributed by atoms with van der Waals surface area (Å²) in [5.41, 5.74) is 13.9. The minimum Gasteiger partial charge on any atom is -0.511 e. The number of unbranched alkanes of at least 4 members (excludes halogenated alkanes) is 15. The second kappa shape index (κ2) is 22.5. The van der Waals surface area contributed by atoms with Crippen molar-refractivity contribution >= 4 is 23.1 Å². The topological polar surface area (TPSA) is 116 Å². The SMILES string of the molecule is CCCCCCCCCCCCCCCCCCOC(=O)CC[C@@H]1C2=C3CC(O)=C4C3=NC(=C4CC)C=C3N=C(C=C4N=C(C=C(N2)[C@H]1C)C(C)=C4C(C)O)C(C)=C3CC(C)C. The van der Waals surface area contributed by atoms with E-state index in [-0.39, 0.29) is 17.8 Å². The Kier molecular flexibility index (Phi) is 17.2. The van der Waals surface area contributed by atoms with Crippen LogP contribution in [0.4, 0.5) is 0 Å². The third-order valence-corrected chi connectivity index (χ3v) is 13.9.